The molecule has 1 heterocycles. The quantitative estimate of drug-likeness (QED) is 0.738. The van der Waals surface area contributed by atoms with Gasteiger partial charge in [0.2, 0.25) is 5.88 Å². The lowest BCUT2D eigenvalue weighted by molar-refractivity contribution is -0.153. The molecule has 0 unspecified atom stereocenters. The number of nitrogens with zero attached hydrogens (tertiary/aromatic N) is 1. The molecule has 0 saturated heterocycles. The maximum absolute atomic E-state index is 11.8. The van der Waals surface area contributed by atoms with Crippen LogP contribution in [-0.4, -0.2) is 25.6 Å². The smallest absolute Gasteiger partial charge is 0.422 e. The predicted molar refractivity (Wildman–Crippen MR) is 49.1 cm³/mol. The van der Waals surface area contributed by atoms with Crippen LogP contribution < -0.4 is 15.9 Å². The number of hydrogen-bond acceptors (Lipinski definition) is 3. The zero-order valence-corrected chi connectivity index (χ0v) is 7.71. The summed E-state index contributed by atoms with van der Waals surface area (Å²) >= 11 is 0. The summed E-state index contributed by atoms with van der Waals surface area (Å²) in [6.07, 6.45) is -3.08. The normalized spacial score (nSPS) is 11.5. The van der Waals surface area contributed by atoms with E-state index in [1.807, 2.05) is 0 Å². The highest BCUT2D eigenvalue weighted by molar-refractivity contribution is 6.34. The highest BCUT2D eigenvalue weighted by atomic mass is 19.4. The Morgan fingerprint density at radius 1 is 1.47 bits per heavy atom. The Morgan fingerprint density at radius 3 is 2.60 bits per heavy atom. The maximum Gasteiger partial charge on any atom is 0.422 e. The molecule has 2 radical (unpaired) electrons. The summed E-state index contributed by atoms with van der Waals surface area (Å²) in [6, 6.07) is 1.43. The highest BCUT2D eigenvalue weighted by Gasteiger charge is 2.28. The average molecular weight is 216 g/mol. The van der Waals surface area contributed by atoms with E-state index in [0.717, 1.165) is 0 Å². The Hall–Kier alpha value is -1.24. The van der Waals surface area contributed by atoms with Crippen molar-refractivity contribution in [1.82, 2.24) is 4.98 Å². The minimum absolute atomic E-state index is 0.0437. The van der Waals surface area contributed by atoms with Gasteiger partial charge in [0.25, 0.3) is 0 Å². The van der Waals surface area contributed by atoms with E-state index in [-0.39, 0.29) is 17.9 Å². The van der Waals surface area contributed by atoms with Crippen LogP contribution >= 0.6 is 0 Å². The number of rotatable bonds is 3. The molecular formula is C8H8BF3N2O. The zero-order valence-electron chi connectivity index (χ0n) is 7.71. The lowest BCUT2D eigenvalue weighted by Gasteiger charge is -2.11. The van der Waals surface area contributed by atoms with Gasteiger partial charge >= 0.3 is 6.18 Å². The number of aromatic nitrogens is 1. The molecule has 1 aromatic heterocycles. The largest absolute Gasteiger partial charge is 0.468 e. The van der Waals surface area contributed by atoms with E-state index in [4.69, 9.17) is 13.6 Å². The van der Waals surface area contributed by atoms with Gasteiger partial charge in [0.15, 0.2) is 6.61 Å². The predicted octanol–water partition coefficient (Wildman–Crippen LogP) is 0.275. The minimum atomic E-state index is -4.40. The van der Waals surface area contributed by atoms with Gasteiger partial charge in [-0.1, -0.05) is 6.07 Å². The molecule has 0 spiro atoms. The summed E-state index contributed by atoms with van der Waals surface area (Å²) in [5.41, 5.74) is 5.97. The van der Waals surface area contributed by atoms with Crippen LogP contribution in [0.5, 0.6) is 5.88 Å². The van der Waals surface area contributed by atoms with E-state index < -0.39 is 12.8 Å². The van der Waals surface area contributed by atoms with Crippen molar-refractivity contribution in [2.75, 3.05) is 6.61 Å². The fourth-order valence-corrected chi connectivity index (χ4v) is 0.897. The molecule has 0 aromatic carbocycles. The molecule has 80 valence electrons. The average Bonchev–Trinajstić information content (AvgIpc) is 2.14. The van der Waals surface area contributed by atoms with Gasteiger partial charge in [0.1, 0.15) is 7.85 Å². The lowest BCUT2D eigenvalue weighted by Crippen LogP contribution is -2.23. The second-order valence-electron chi connectivity index (χ2n) is 2.85. The Bertz CT molecular complexity index is 343. The summed E-state index contributed by atoms with van der Waals surface area (Å²) in [4.78, 5) is 3.62. The standard InChI is InChI=1S/C8H8BF3N2O/c9-6-1-5(2-13)3-14-7(6)15-4-8(10,11)12/h1,3H,2,4,13H2. The Kier molecular flexibility index (Phi) is 3.57. The van der Waals surface area contributed by atoms with Crippen molar-refractivity contribution < 1.29 is 17.9 Å². The first-order valence-corrected chi connectivity index (χ1v) is 4.06. The van der Waals surface area contributed by atoms with E-state index in [1.54, 1.807) is 0 Å². The number of halogens is 3. The van der Waals surface area contributed by atoms with Crippen molar-refractivity contribution in [3.8, 4) is 5.88 Å². The SMILES string of the molecule is [B]c1cc(CN)cnc1OCC(F)(F)F. The van der Waals surface area contributed by atoms with Gasteiger partial charge < -0.3 is 10.5 Å². The first-order valence-electron chi connectivity index (χ1n) is 4.06. The monoisotopic (exact) mass is 216 g/mol. The van der Waals surface area contributed by atoms with Crippen molar-refractivity contribution in [3.63, 3.8) is 0 Å². The van der Waals surface area contributed by atoms with Gasteiger partial charge in [-0.15, -0.1) is 0 Å². The van der Waals surface area contributed by atoms with Crippen LogP contribution in [0.4, 0.5) is 13.2 Å². The molecule has 7 heteroatoms. The molecule has 1 aromatic rings. The van der Waals surface area contributed by atoms with E-state index in [1.165, 1.54) is 12.3 Å². The van der Waals surface area contributed by atoms with Crippen molar-refractivity contribution >= 4 is 13.3 Å². The molecule has 0 fully saturated rings. The lowest BCUT2D eigenvalue weighted by atomic mass is 9.96. The molecule has 0 atom stereocenters. The molecule has 15 heavy (non-hydrogen) atoms. The minimum Gasteiger partial charge on any atom is -0.468 e. The Balaban J connectivity index is 2.70. The van der Waals surface area contributed by atoms with Gasteiger partial charge in [-0.25, -0.2) is 4.98 Å². The number of nitrogens with two attached hydrogens (primary N) is 1. The summed E-state index contributed by atoms with van der Waals surface area (Å²) in [5.74, 6) is -0.232. The van der Waals surface area contributed by atoms with E-state index in [9.17, 15) is 13.2 Å². The van der Waals surface area contributed by atoms with Crippen LogP contribution in [0.1, 0.15) is 5.56 Å². The van der Waals surface area contributed by atoms with E-state index in [2.05, 4.69) is 9.72 Å². The topological polar surface area (TPSA) is 48.1 Å². The molecule has 2 N–H and O–H groups in total. The number of alkyl halides is 3. The van der Waals surface area contributed by atoms with Crippen LogP contribution in [0.15, 0.2) is 12.3 Å². The van der Waals surface area contributed by atoms with Crippen LogP contribution in [-0.2, 0) is 6.54 Å². The molecule has 0 aliphatic heterocycles. The molecular weight excluding hydrogens is 208 g/mol. The van der Waals surface area contributed by atoms with Crippen LogP contribution in [0.3, 0.4) is 0 Å². The summed E-state index contributed by atoms with van der Waals surface area (Å²) < 4.78 is 39.8. The molecule has 0 saturated carbocycles. The first-order chi connectivity index (χ1) is 6.92. The van der Waals surface area contributed by atoms with Gasteiger partial charge in [0, 0.05) is 12.7 Å². The molecule has 3 nitrogen and oxygen atoms in total. The summed E-state index contributed by atoms with van der Waals surface area (Å²) in [6.45, 7) is -1.19. The zero-order chi connectivity index (χ0) is 11.5. The van der Waals surface area contributed by atoms with Crippen LogP contribution in [0.25, 0.3) is 0 Å². The van der Waals surface area contributed by atoms with Crippen LogP contribution in [0.2, 0.25) is 0 Å². The molecule has 0 aliphatic rings. The number of ether oxygens (including phenoxy) is 1. The molecule has 1 rings (SSSR count). The molecule has 0 bridgehead atoms. The number of hydrogen-bond donors (Lipinski definition) is 1. The third-order valence-electron chi connectivity index (χ3n) is 1.54. The second-order valence-corrected chi connectivity index (χ2v) is 2.85. The Labute approximate surface area is 85.8 Å². The van der Waals surface area contributed by atoms with E-state index in [0.29, 0.717) is 5.56 Å². The second kappa shape index (κ2) is 4.52. The summed E-state index contributed by atoms with van der Waals surface area (Å²) in [5, 5.41) is 0. The third kappa shape index (κ3) is 3.79. The Morgan fingerprint density at radius 2 is 2.13 bits per heavy atom. The van der Waals surface area contributed by atoms with Gasteiger partial charge in [-0.2, -0.15) is 13.2 Å². The third-order valence-corrected chi connectivity index (χ3v) is 1.54. The summed E-state index contributed by atoms with van der Waals surface area (Å²) in [7, 11) is 5.42. The van der Waals surface area contributed by atoms with E-state index >= 15 is 0 Å². The highest BCUT2D eigenvalue weighted by Crippen LogP contribution is 2.15. The van der Waals surface area contributed by atoms with Crippen molar-refractivity contribution in [2.45, 2.75) is 12.7 Å². The first kappa shape index (κ1) is 11.8. The van der Waals surface area contributed by atoms with Crippen molar-refractivity contribution in [2.24, 2.45) is 5.73 Å². The van der Waals surface area contributed by atoms with Crippen molar-refractivity contribution in [3.05, 3.63) is 17.8 Å². The van der Waals surface area contributed by atoms with Crippen LogP contribution in [0, 0.1) is 0 Å². The van der Waals surface area contributed by atoms with Gasteiger partial charge in [0.05, 0.1) is 0 Å². The fraction of sp³-hybridized carbons (Fsp3) is 0.375. The van der Waals surface area contributed by atoms with Gasteiger partial charge in [-0.05, 0) is 11.0 Å². The maximum atomic E-state index is 11.8. The molecule has 0 aliphatic carbocycles. The van der Waals surface area contributed by atoms with Gasteiger partial charge in [-0.3, -0.25) is 0 Å². The number of pyridine rings is 1. The van der Waals surface area contributed by atoms with Crippen molar-refractivity contribution in [1.29, 1.82) is 0 Å². The fourth-order valence-electron chi connectivity index (χ4n) is 0.897. The molecule has 0 amide bonds.